The van der Waals surface area contributed by atoms with Crippen LogP contribution in [0.3, 0.4) is 0 Å². The predicted molar refractivity (Wildman–Crippen MR) is 112 cm³/mol. The number of rotatable bonds is 6. The molecule has 4 aromatic rings. The number of aryl methyl sites for hydroxylation is 2. The van der Waals surface area contributed by atoms with Crippen LogP contribution in [0.5, 0.6) is 0 Å². The highest BCUT2D eigenvalue weighted by Gasteiger charge is 2.12. The number of hydrogen-bond acceptors (Lipinski definition) is 3. The summed E-state index contributed by atoms with van der Waals surface area (Å²) < 4.78 is 0. The third-order valence-corrected chi connectivity index (χ3v) is 4.80. The van der Waals surface area contributed by atoms with Crippen LogP contribution in [0.2, 0.25) is 0 Å². The molecule has 0 atom stereocenters. The SMILES string of the molecule is O=C(O)c1ccc(CCc2ccccc2)cc1Nc1cncc2ccccc12. The molecule has 0 saturated heterocycles. The van der Waals surface area contributed by atoms with Crippen LogP contribution >= 0.6 is 0 Å². The van der Waals surface area contributed by atoms with Crippen molar-refractivity contribution in [1.82, 2.24) is 4.98 Å². The Morgan fingerprint density at radius 3 is 2.39 bits per heavy atom. The third kappa shape index (κ3) is 3.86. The predicted octanol–water partition coefficient (Wildman–Crippen LogP) is 5.46. The standard InChI is InChI=1S/C24H20N2O2/c27-24(28)21-13-12-18(11-10-17-6-2-1-3-7-17)14-22(21)26-23-16-25-15-19-8-4-5-9-20(19)23/h1-9,12-16,26H,10-11H2,(H,27,28). The zero-order chi connectivity index (χ0) is 19.3. The lowest BCUT2D eigenvalue weighted by Crippen LogP contribution is -2.04. The summed E-state index contributed by atoms with van der Waals surface area (Å²) in [6.07, 6.45) is 5.27. The lowest BCUT2D eigenvalue weighted by atomic mass is 10.0. The molecule has 0 unspecified atom stereocenters. The van der Waals surface area contributed by atoms with Gasteiger partial charge >= 0.3 is 5.97 Å². The summed E-state index contributed by atoms with van der Waals surface area (Å²) in [6.45, 7) is 0. The Kier molecular flexibility index (Phi) is 5.02. The molecule has 28 heavy (non-hydrogen) atoms. The van der Waals surface area contributed by atoms with Gasteiger partial charge in [0.25, 0.3) is 0 Å². The van der Waals surface area contributed by atoms with Gasteiger partial charge in [0, 0.05) is 17.0 Å². The van der Waals surface area contributed by atoms with E-state index in [1.807, 2.05) is 54.6 Å². The van der Waals surface area contributed by atoms with E-state index < -0.39 is 5.97 Å². The van der Waals surface area contributed by atoms with Crippen molar-refractivity contribution < 1.29 is 9.90 Å². The summed E-state index contributed by atoms with van der Waals surface area (Å²) in [5, 5.41) is 14.9. The zero-order valence-corrected chi connectivity index (χ0v) is 15.3. The molecule has 2 N–H and O–H groups in total. The minimum Gasteiger partial charge on any atom is -0.478 e. The minimum absolute atomic E-state index is 0.247. The molecule has 0 aliphatic rings. The van der Waals surface area contributed by atoms with Crippen LogP contribution in [-0.4, -0.2) is 16.1 Å². The second-order valence-corrected chi connectivity index (χ2v) is 6.70. The molecule has 0 fully saturated rings. The van der Waals surface area contributed by atoms with Crippen molar-refractivity contribution >= 4 is 28.1 Å². The fourth-order valence-corrected chi connectivity index (χ4v) is 3.33. The highest BCUT2D eigenvalue weighted by molar-refractivity contribution is 5.99. The zero-order valence-electron chi connectivity index (χ0n) is 15.3. The molecular formula is C24H20N2O2. The highest BCUT2D eigenvalue weighted by Crippen LogP contribution is 2.28. The first-order valence-corrected chi connectivity index (χ1v) is 9.20. The maximum Gasteiger partial charge on any atom is 0.337 e. The van der Waals surface area contributed by atoms with Gasteiger partial charge in [-0.3, -0.25) is 4.98 Å². The highest BCUT2D eigenvalue weighted by atomic mass is 16.4. The molecule has 0 saturated carbocycles. The Morgan fingerprint density at radius 2 is 1.57 bits per heavy atom. The average Bonchev–Trinajstić information content (AvgIpc) is 2.73. The van der Waals surface area contributed by atoms with Crippen LogP contribution in [0.4, 0.5) is 11.4 Å². The summed E-state index contributed by atoms with van der Waals surface area (Å²) in [6, 6.07) is 23.7. The Hall–Kier alpha value is -3.66. The number of nitrogens with zero attached hydrogens (tertiary/aromatic N) is 1. The van der Waals surface area contributed by atoms with Crippen molar-refractivity contribution in [2.75, 3.05) is 5.32 Å². The molecule has 1 heterocycles. The monoisotopic (exact) mass is 368 g/mol. The summed E-state index contributed by atoms with van der Waals surface area (Å²) >= 11 is 0. The second-order valence-electron chi connectivity index (χ2n) is 6.70. The Labute approximate surface area is 163 Å². The summed E-state index contributed by atoms with van der Waals surface area (Å²) in [5.41, 5.74) is 3.97. The molecule has 0 radical (unpaired) electrons. The summed E-state index contributed by atoms with van der Waals surface area (Å²) in [7, 11) is 0. The van der Waals surface area contributed by atoms with E-state index in [0.717, 1.165) is 34.9 Å². The van der Waals surface area contributed by atoms with E-state index in [1.54, 1.807) is 18.5 Å². The number of nitrogens with one attached hydrogen (secondary N) is 1. The molecule has 0 aliphatic heterocycles. The van der Waals surface area contributed by atoms with E-state index in [4.69, 9.17) is 0 Å². The van der Waals surface area contributed by atoms with Gasteiger partial charge in [-0.15, -0.1) is 0 Å². The number of pyridine rings is 1. The number of hydrogen-bond donors (Lipinski definition) is 2. The number of anilines is 2. The van der Waals surface area contributed by atoms with Gasteiger partial charge in [0.05, 0.1) is 23.1 Å². The minimum atomic E-state index is -0.953. The van der Waals surface area contributed by atoms with Gasteiger partial charge in [0.1, 0.15) is 0 Å². The van der Waals surface area contributed by atoms with Gasteiger partial charge < -0.3 is 10.4 Å². The van der Waals surface area contributed by atoms with Crippen LogP contribution in [0.1, 0.15) is 21.5 Å². The van der Waals surface area contributed by atoms with Crippen LogP contribution in [0, 0.1) is 0 Å². The van der Waals surface area contributed by atoms with E-state index in [0.29, 0.717) is 5.69 Å². The van der Waals surface area contributed by atoms with Gasteiger partial charge in [0.15, 0.2) is 0 Å². The molecule has 4 nitrogen and oxygen atoms in total. The quantitative estimate of drug-likeness (QED) is 0.474. The fraction of sp³-hybridized carbons (Fsp3) is 0.0833. The molecule has 0 spiro atoms. The van der Waals surface area contributed by atoms with E-state index >= 15 is 0 Å². The maximum atomic E-state index is 11.7. The second kappa shape index (κ2) is 7.92. The first-order chi connectivity index (χ1) is 13.7. The first kappa shape index (κ1) is 17.7. The number of benzene rings is 3. The fourth-order valence-electron chi connectivity index (χ4n) is 3.33. The normalized spacial score (nSPS) is 10.7. The molecular weight excluding hydrogens is 348 g/mol. The molecule has 4 heteroatoms. The van der Waals surface area contributed by atoms with Crippen LogP contribution in [-0.2, 0) is 12.8 Å². The number of aromatic carboxylic acids is 1. The van der Waals surface area contributed by atoms with Crippen molar-refractivity contribution in [2.24, 2.45) is 0 Å². The molecule has 3 aromatic carbocycles. The van der Waals surface area contributed by atoms with E-state index in [1.165, 1.54) is 5.56 Å². The van der Waals surface area contributed by atoms with Crippen molar-refractivity contribution in [1.29, 1.82) is 0 Å². The smallest absolute Gasteiger partial charge is 0.337 e. The lowest BCUT2D eigenvalue weighted by Gasteiger charge is -2.13. The summed E-state index contributed by atoms with van der Waals surface area (Å²) in [5.74, 6) is -0.953. The van der Waals surface area contributed by atoms with E-state index in [2.05, 4.69) is 22.4 Å². The largest absolute Gasteiger partial charge is 0.478 e. The average molecular weight is 368 g/mol. The van der Waals surface area contributed by atoms with Crippen LogP contribution in [0.25, 0.3) is 10.8 Å². The van der Waals surface area contributed by atoms with Crippen molar-refractivity contribution in [3.63, 3.8) is 0 Å². The van der Waals surface area contributed by atoms with Gasteiger partial charge in [-0.1, -0.05) is 60.7 Å². The van der Waals surface area contributed by atoms with E-state index in [-0.39, 0.29) is 5.56 Å². The number of carboxylic acid groups (broad SMARTS) is 1. The van der Waals surface area contributed by atoms with Gasteiger partial charge in [-0.25, -0.2) is 4.79 Å². The number of carboxylic acids is 1. The molecule has 4 rings (SSSR count). The summed E-state index contributed by atoms with van der Waals surface area (Å²) in [4.78, 5) is 16.0. The number of fused-ring (bicyclic) bond motifs is 1. The van der Waals surface area contributed by atoms with E-state index in [9.17, 15) is 9.90 Å². The maximum absolute atomic E-state index is 11.7. The third-order valence-electron chi connectivity index (χ3n) is 4.80. The lowest BCUT2D eigenvalue weighted by molar-refractivity contribution is 0.0698. The molecule has 1 aromatic heterocycles. The number of aromatic nitrogens is 1. The van der Waals surface area contributed by atoms with Crippen LogP contribution in [0.15, 0.2) is 85.2 Å². The van der Waals surface area contributed by atoms with Gasteiger partial charge in [-0.05, 0) is 36.1 Å². The Balaban J connectivity index is 1.65. The van der Waals surface area contributed by atoms with Gasteiger partial charge in [0.2, 0.25) is 0 Å². The van der Waals surface area contributed by atoms with Crippen molar-refractivity contribution in [3.05, 3.63) is 102 Å². The molecule has 0 bridgehead atoms. The molecule has 0 aliphatic carbocycles. The molecule has 138 valence electrons. The Morgan fingerprint density at radius 1 is 0.821 bits per heavy atom. The van der Waals surface area contributed by atoms with Crippen LogP contribution < -0.4 is 5.32 Å². The number of carbonyl (C=O) groups is 1. The molecule has 0 amide bonds. The van der Waals surface area contributed by atoms with Crippen molar-refractivity contribution in [2.45, 2.75) is 12.8 Å². The topological polar surface area (TPSA) is 62.2 Å². The Bertz CT molecular complexity index is 1120. The first-order valence-electron chi connectivity index (χ1n) is 9.20. The van der Waals surface area contributed by atoms with Gasteiger partial charge in [-0.2, -0.15) is 0 Å². The van der Waals surface area contributed by atoms with Crippen molar-refractivity contribution in [3.8, 4) is 0 Å².